The van der Waals surface area contributed by atoms with Crippen molar-refractivity contribution in [1.29, 1.82) is 0 Å². The van der Waals surface area contributed by atoms with Crippen molar-refractivity contribution in [3.8, 4) is 0 Å². The fourth-order valence-electron chi connectivity index (χ4n) is 4.70. The van der Waals surface area contributed by atoms with E-state index in [-0.39, 0.29) is 30.8 Å². The van der Waals surface area contributed by atoms with Gasteiger partial charge in [0.15, 0.2) is 0 Å². The average Bonchev–Trinajstić information content (AvgIpc) is 3.20. The van der Waals surface area contributed by atoms with Crippen molar-refractivity contribution < 1.29 is 19.2 Å². The van der Waals surface area contributed by atoms with Crippen LogP contribution in [0.2, 0.25) is 5.02 Å². The maximum Gasteiger partial charge on any atom is 0.325 e. The van der Waals surface area contributed by atoms with Crippen LogP contribution >= 0.6 is 11.6 Å². The molecule has 4 rings (SSSR count). The molecule has 0 aromatic heterocycles. The first-order valence-electron chi connectivity index (χ1n) is 11.1. The Balaban J connectivity index is 1.27. The Hall–Kier alpha value is -2.81. The van der Waals surface area contributed by atoms with E-state index in [1.807, 2.05) is 0 Å². The quantitative estimate of drug-likeness (QED) is 0.673. The Kier molecular flexibility index (Phi) is 6.55. The number of amides is 6. The Morgan fingerprint density at radius 2 is 1.75 bits per heavy atom. The van der Waals surface area contributed by atoms with Crippen molar-refractivity contribution in [2.75, 3.05) is 38.0 Å². The minimum atomic E-state index is -0.750. The van der Waals surface area contributed by atoms with Crippen LogP contribution in [0.1, 0.15) is 38.5 Å². The third-order valence-electron chi connectivity index (χ3n) is 6.46. The van der Waals surface area contributed by atoms with E-state index in [1.165, 1.54) is 4.90 Å². The summed E-state index contributed by atoms with van der Waals surface area (Å²) in [6.45, 7) is 1.96. The molecule has 2 saturated heterocycles. The minimum Gasteiger partial charge on any atom is -0.341 e. The standard InChI is InChI=1S/C22H28ClN5O4/c23-16-5-3-6-17(15-16)24-20(31)27-11-4-10-26(13-14-27)18(29)7-12-28-19(30)22(25-21(28)32)8-1-2-9-22/h3,5-6,15H,1-2,4,7-14H2,(H,24,31)(H,25,32). The number of halogens is 1. The maximum atomic E-state index is 12.8. The zero-order chi connectivity index (χ0) is 22.7. The van der Waals surface area contributed by atoms with Gasteiger partial charge >= 0.3 is 12.1 Å². The Bertz CT molecular complexity index is 917. The molecule has 1 aliphatic carbocycles. The van der Waals surface area contributed by atoms with E-state index in [9.17, 15) is 19.2 Å². The van der Waals surface area contributed by atoms with Gasteiger partial charge in [0, 0.05) is 49.9 Å². The van der Waals surface area contributed by atoms with Gasteiger partial charge < -0.3 is 20.4 Å². The normalized spacial score (nSPS) is 20.5. The third kappa shape index (κ3) is 4.67. The second-order valence-electron chi connectivity index (χ2n) is 8.59. The molecule has 172 valence electrons. The fraction of sp³-hybridized carbons (Fsp3) is 0.545. The Morgan fingerprint density at radius 3 is 2.50 bits per heavy atom. The highest BCUT2D eigenvalue weighted by Gasteiger charge is 2.52. The SMILES string of the molecule is O=C(CCN1C(=O)NC2(CCCC2)C1=O)N1CCCN(C(=O)Nc2cccc(Cl)c2)CC1. The number of benzene rings is 1. The van der Waals surface area contributed by atoms with Crippen molar-refractivity contribution in [2.24, 2.45) is 0 Å². The van der Waals surface area contributed by atoms with Crippen LogP contribution in [0.25, 0.3) is 0 Å². The third-order valence-corrected chi connectivity index (χ3v) is 6.70. The number of rotatable bonds is 4. The van der Waals surface area contributed by atoms with Crippen LogP contribution in [-0.4, -0.2) is 76.8 Å². The van der Waals surface area contributed by atoms with Gasteiger partial charge in [0.25, 0.3) is 5.91 Å². The maximum absolute atomic E-state index is 12.8. The predicted molar refractivity (Wildman–Crippen MR) is 119 cm³/mol. The highest BCUT2D eigenvalue weighted by atomic mass is 35.5. The summed E-state index contributed by atoms with van der Waals surface area (Å²) in [6.07, 6.45) is 3.93. The van der Waals surface area contributed by atoms with Crippen LogP contribution in [0, 0.1) is 0 Å². The average molecular weight is 462 g/mol. The largest absolute Gasteiger partial charge is 0.341 e. The molecule has 32 heavy (non-hydrogen) atoms. The van der Waals surface area contributed by atoms with Gasteiger partial charge in [-0.1, -0.05) is 30.5 Å². The van der Waals surface area contributed by atoms with Gasteiger partial charge in [0.05, 0.1) is 0 Å². The van der Waals surface area contributed by atoms with Crippen molar-refractivity contribution in [3.63, 3.8) is 0 Å². The molecule has 2 heterocycles. The summed E-state index contributed by atoms with van der Waals surface area (Å²) in [7, 11) is 0. The molecule has 3 fully saturated rings. The topological polar surface area (TPSA) is 102 Å². The minimum absolute atomic E-state index is 0.0840. The lowest BCUT2D eigenvalue weighted by Crippen LogP contribution is -2.44. The van der Waals surface area contributed by atoms with Crippen LogP contribution < -0.4 is 10.6 Å². The lowest BCUT2D eigenvalue weighted by molar-refractivity contribution is -0.133. The predicted octanol–water partition coefficient (Wildman–Crippen LogP) is 2.66. The molecule has 3 aliphatic rings. The van der Waals surface area contributed by atoms with Crippen molar-refractivity contribution in [1.82, 2.24) is 20.0 Å². The molecule has 6 amide bonds. The van der Waals surface area contributed by atoms with Crippen LogP contribution in [0.4, 0.5) is 15.3 Å². The van der Waals surface area contributed by atoms with Gasteiger partial charge in [-0.05, 0) is 37.5 Å². The lowest BCUT2D eigenvalue weighted by Gasteiger charge is -2.23. The molecule has 0 atom stereocenters. The molecule has 0 unspecified atom stereocenters. The summed E-state index contributed by atoms with van der Waals surface area (Å²) in [5.74, 6) is -0.317. The monoisotopic (exact) mass is 461 g/mol. The smallest absolute Gasteiger partial charge is 0.325 e. The molecule has 1 aromatic rings. The van der Waals surface area contributed by atoms with Crippen molar-refractivity contribution in [2.45, 2.75) is 44.1 Å². The number of carbonyl (C=O) groups excluding carboxylic acids is 4. The molecule has 2 N–H and O–H groups in total. The van der Waals surface area contributed by atoms with Crippen LogP contribution in [0.15, 0.2) is 24.3 Å². The van der Waals surface area contributed by atoms with E-state index in [1.54, 1.807) is 34.1 Å². The number of hydrogen-bond donors (Lipinski definition) is 2. The first kappa shape index (κ1) is 22.4. The molecule has 1 saturated carbocycles. The summed E-state index contributed by atoms with van der Waals surface area (Å²) in [5.41, 5.74) is -0.132. The van der Waals surface area contributed by atoms with Gasteiger partial charge in [-0.15, -0.1) is 0 Å². The van der Waals surface area contributed by atoms with Gasteiger partial charge in [-0.25, -0.2) is 9.59 Å². The number of urea groups is 2. The molecule has 10 heteroatoms. The van der Waals surface area contributed by atoms with E-state index < -0.39 is 11.6 Å². The van der Waals surface area contributed by atoms with Crippen molar-refractivity contribution >= 4 is 41.2 Å². The van der Waals surface area contributed by atoms with Crippen LogP contribution in [-0.2, 0) is 9.59 Å². The molecule has 0 bridgehead atoms. The number of imide groups is 1. The van der Waals surface area contributed by atoms with E-state index in [0.717, 1.165) is 12.8 Å². The highest BCUT2D eigenvalue weighted by Crippen LogP contribution is 2.35. The van der Waals surface area contributed by atoms with Gasteiger partial charge in [-0.2, -0.15) is 0 Å². The fourth-order valence-corrected chi connectivity index (χ4v) is 4.89. The molecular formula is C22H28ClN5O4. The summed E-state index contributed by atoms with van der Waals surface area (Å²) in [6, 6.07) is 6.31. The summed E-state index contributed by atoms with van der Waals surface area (Å²) < 4.78 is 0. The van der Waals surface area contributed by atoms with E-state index in [4.69, 9.17) is 11.6 Å². The van der Waals surface area contributed by atoms with Gasteiger partial charge in [0.1, 0.15) is 5.54 Å². The molecular weight excluding hydrogens is 434 g/mol. The summed E-state index contributed by atoms with van der Waals surface area (Å²) in [4.78, 5) is 54.9. The van der Waals surface area contributed by atoms with E-state index in [0.29, 0.717) is 56.2 Å². The number of nitrogens with zero attached hydrogens (tertiary/aromatic N) is 3. The van der Waals surface area contributed by atoms with Gasteiger partial charge in [-0.3, -0.25) is 14.5 Å². The number of carbonyl (C=O) groups is 4. The molecule has 0 radical (unpaired) electrons. The highest BCUT2D eigenvalue weighted by molar-refractivity contribution is 6.30. The zero-order valence-electron chi connectivity index (χ0n) is 17.9. The van der Waals surface area contributed by atoms with E-state index >= 15 is 0 Å². The number of hydrogen-bond acceptors (Lipinski definition) is 4. The van der Waals surface area contributed by atoms with Gasteiger partial charge in [0.2, 0.25) is 5.91 Å². The zero-order valence-corrected chi connectivity index (χ0v) is 18.7. The number of anilines is 1. The molecule has 1 aromatic carbocycles. The molecule has 2 aliphatic heterocycles. The lowest BCUT2D eigenvalue weighted by atomic mass is 9.98. The second-order valence-corrected chi connectivity index (χ2v) is 9.02. The Morgan fingerprint density at radius 1 is 1.03 bits per heavy atom. The molecule has 1 spiro atoms. The first-order chi connectivity index (χ1) is 15.4. The van der Waals surface area contributed by atoms with Crippen LogP contribution in [0.5, 0.6) is 0 Å². The molecule has 9 nitrogen and oxygen atoms in total. The summed E-state index contributed by atoms with van der Waals surface area (Å²) >= 11 is 5.97. The first-order valence-corrected chi connectivity index (χ1v) is 11.5. The Labute approximate surface area is 192 Å². The van der Waals surface area contributed by atoms with Crippen LogP contribution in [0.3, 0.4) is 0 Å². The number of nitrogens with one attached hydrogen (secondary N) is 2. The van der Waals surface area contributed by atoms with E-state index in [2.05, 4.69) is 10.6 Å². The second kappa shape index (κ2) is 9.36. The summed E-state index contributed by atoms with van der Waals surface area (Å²) in [5, 5.41) is 6.21. The van der Waals surface area contributed by atoms with Crippen molar-refractivity contribution in [3.05, 3.63) is 29.3 Å².